The number of carbonyl (C=O) groups is 1. The zero-order chi connectivity index (χ0) is 14.0. The first-order valence-corrected chi connectivity index (χ1v) is 6.02. The molecule has 8 heteroatoms. The fourth-order valence-electron chi connectivity index (χ4n) is 2.27. The Labute approximate surface area is 122 Å². The number of likely N-dealkylation sites (tertiary alicyclic amines) is 1. The van der Waals surface area contributed by atoms with Gasteiger partial charge in [0.2, 0.25) is 5.91 Å². The van der Waals surface area contributed by atoms with Crippen LogP contribution in [0.2, 0.25) is 0 Å². The SMILES string of the molecule is Cl.NC(=O)c1ccc(CN2CC[C@@H](N)C2)c([N+](=O)[O-])c1. The first kappa shape index (κ1) is 16.4. The van der Waals surface area contributed by atoms with Crippen LogP contribution in [-0.2, 0) is 6.54 Å². The summed E-state index contributed by atoms with van der Waals surface area (Å²) in [6, 6.07) is 4.46. The van der Waals surface area contributed by atoms with E-state index in [0.29, 0.717) is 12.1 Å². The first-order valence-electron chi connectivity index (χ1n) is 6.02. The highest BCUT2D eigenvalue weighted by Gasteiger charge is 2.23. The van der Waals surface area contributed by atoms with E-state index in [0.717, 1.165) is 19.5 Å². The molecule has 1 aliphatic rings. The molecule has 7 nitrogen and oxygen atoms in total. The third-order valence-electron chi connectivity index (χ3n) is 3.27. The highest BCUT2D eigenvalue weighted by molar-refractivity contribution is 5.93. The van der Waals surface area contributed by atoms with Gasteiger partial charge in [-0.15, -0.1) is 12.4 Å². The Hall–Kier alpha value is -1.70. The average molecular weight is 301 g/mol. The molecule has 0 aliphatic carbocycles. The third-order valence-corrected chi connectivity index (χ3v) is 3.27. The molecule has 0 aromatic heterocycles. The number of nitrogens with zero attached hydrogens (tertiary/aromatic N) is 2. The number of hydrogen-bond acceptors (Lipinski definition) is 5. The second-order valence-electron chi connectivity index (χ2n) is 4.75. The number of nitrogens with two attached hydrogens (primary N) is 2. The lowest BCUT2D eigenvalue weighted by Crippen LogP contribution is -2.26. The van der Waals surface area contributed by atoms with Gasteiger partial charge in [-0.05, 0) is 12.5 Å². The maximum absolute atomic E-state index is 11.0. The molecule has 0 bridgehead atoms. The standard InChI is InChI=1S/C12H16N4O3.ClH/c13-10-3-4-15(7-10)6-9-2-1-8(12(14)17)5-11(9)16(18)19;/h1-2,5,10H,3-4,6-7,13H2,(H2,14,17);1H/t10-;/m1./s1. The number of hydrogen-bond donors (Lipinski definition) is 2. The highest BCUT2D eigenvalue weighted by atomic mass is 35.5. The Morgan fingerprint density at radius 2 is 2.20 bits per heavy atom. The molecule has 0 radical (unpaired) electrons. The van der Waals surface area contributed by atoms with Gasteiger partial charge >= 0.3 is 0 Å². The summed E-state index contributed by atoms with van der Waals surface area (Å²) < 4.78 is 0. The molecule has 0 unspecified atom stereocenters. The van der Waals surface area contributed by atoms with Gasteiger partial charge in [0.25, 0.3) is 5.69 Å². The van der Waals surface area contributed by atoms with Crippen molar-refractivity contribution in [2.45, 2.75) is 19.0 Å². The predicted molar refractivity (Wildman–Crippen MR) is 76.7 cm³/mol. The van der Waals surface area contributed by atoms with Crippen LogP contribution in [0.25, 0.3) is 0 Å². The molecule has 20 heavy (non-hydrogen) atoms. The van der Waals surface area contributed by atoms with Crippen molar-refractivity contribution >= 4 is 24.0 Å². The second kappa shape index (κ2) is 6.65. The minimum Gasteiger partial charge on any atom is -0.366 e. The Morgan fingerprint density at radius 3 is 2.70 bits per heavy atom. The van der Waals surface area contributed by atoms with Crippen LogP contribution in [0.5, 0.6) is 0 Å². The van der Waals surface area contributed by atoms with E-state index >= 15 is 0 Å². The number of carbonyl (C=O) groups excluding carboxylic acids is 1. The van der Waals surface area contributed by atoms with Crippen LogP contribution < -0.4 is 11.5 Å². The summed E-state index contributed by atoms with van der Waals surface area (Å²) in [5.74, 6) is -0.669. The highest BCUT2D eigenvalue weighted by Crippen LogP contribution is 2.23. The van der Waals surface area contributed by atoms with Crippen molar-refractivity contribution in [2.24, 2.45) is 11.5 Å². The fraction of sp³-hybridized carbons (Fsp3) is 0.417. The minimum absolute atomic E-state index is 0. The molecule has 110 valence electrons. The van der Waals surface area contributed by atoms with E-state index in [9.17, 15) is 14.9 Å². The lowest BCUT2D eigenvalue weighted by atomic mass is 10.1. The number of nitro groups is 1. The van der Waals surface area contributed by atoms with E-state index < -0.39 is 10.8 Å². The van der Waals surface area contributed by atoms with Gasteiger partial charge in [0.05, 0.1) is 4.92 Å². The minimum atomic E-state index is -0.669. The molecule has 0 saturated carbocycles. The van der Waals surface area contributed by atoms with Crippen molar-refractivity contribution in [3.63, 3.8) is 0 Å². The van der Waals surface area contributed by atoms with Crippen molar-refractivity contribution in [1.29, 1.82) is 0 Å². The van der Waals surface area contributed by atoms with E-state index in [-0.39, 0.29) is 29.7 Å². The summed E-state index contributed by atoms with van der Waals surface area (Å²) in [5, 5.41) is 11.0. The van der Waals surface area contributed by atoms with E-state index in [1.54, 1.807) is 6.07 Å². The van der Waals surface area contributed by atoms with Crippen LogP contribution in [-0.4, -0.2) is 34.9 Å². The first-order chi connectivity index (χ1) is 8.97. The molecule has 2 rings (SSSR count). The topological polar surface area (TPSA) is 115 Å². The maximum atomic E-state index is 11.0. The summed E-state index contributed by atoms with van der Waals surface area (Å²) in [5.41, 5.74) is 11.6. The van der Waals surface area contributed by atoms with Crippen molar-refractivity contribution in [3.05, 3.63) is 39.4 Å². The average Bonchev–Trinajstić information content (AvgIpc) is 2.74. The third kappa shape index (κ3) is 3.66. The number of halogens is 1. The number of benzene rings is 1. The maximum Gasteiger partial charge on any atom is 0.274 e. The number of nitro benzene ring substituents is 1. The van der Waals surface area contributed by atoms with Gasteiger partial charge in [-0.3, -0.25) is 19.8 Å². The van der Waals surface area contributed by atoms with E-state index in [2.05, 4.69) is 4.90 Å². The molecule has 1 aromatic rings. The van der Waals surface area contributed by atoms with Crippen molar-refractivity contribution in [1.82, 2.24) is 4.90 Å². The molecule has 1 amide bonds. The van der Waals surface area contributed by atoms with Gasteiger partial charge in [0.15, 0.2) is 0 Å². The van der Waals surface area contributed by atoms with Crippen LogP contribution in [0.3, 0.4) is 0 Å². The summed E-state index contributed by atoms with van der Waals surface area (Å²) in [4.78, 5) is 23.7. The van der Waals surface area contributed by atoms with Crippen molar-refractivity contribution in [2.75, 3.05) is 13.1 Å². The van der Waals surface area contributed by atoms with Crippen molar-refractivity contribution in [3.8, 4) is 0 Å². The zero-order valence-corrected chi connectivity index (χ0v) is 11.6. The Balaban J connectivity index is 0.00000200. The van der Waals surface area contributed by atoms with Gasteiger partial charge in [0, 0.05) is 42.9 Å². The molecule has 1 saturated heterocycles. The predicted octanol–water partition coefficient (Wildman–Crippen LogP) is 0.649. The smallest absolute Gasteiger partial charge is 0.274 e. The van der Waals surface area contributed by atoms with Gasteiger partial charge < -0.3 is 11.5 Å². The molecule has 4 N–H and O–H groups in total. The molecule has 1 heterocycles. The number of rotatable bonds is 4. The number of amides is 1. The zero-order valence-electron chi connectivity index (χ0n) is 10.8. The van der Waals surface area contributed by atoms with Crippen LogP contribution in [0, 0.1) is 10.1 Å². The second-order valence-corrected chi connectivity index (χ2v) is 4.75. The quantitative estimate of drug-likeness (QED) is 0.625. The normalized spacial score (nSPS) is 18.6. The fourth-order valence-corrected chi connectivity index (χ4v) is 2.27. The molecular formula is C12H17ClN4O3. The summed E-state index contributed by atoms with van der Waals surface area (Å²) in [6.07, 6.45) is 0.896. The Bertz CT molecular complexity index is 523. The molecule has 1 aliphatic heterocycles. The Morgan fingerprint density at radius 1 is 1.50 bits per heavy atom. The van der Waals surface area contributed by atoms with Gasteiger partial charge in [-0.1, -0.05) is 6.07 Å². The molecule has 1 aromatic carbocycles. The summed E-state index contributed by atoms with van der Waals surface area (Å²) in [6.45, 7) is 2.02. The van der Waals surface area contributed by atoms with Crippen molar-refractivity contribution < 1.29 is 9.72 Å². The summed E-state index contributed by atoms with van der Waals surface area (Å²) >= 11 is 0. The van der Waals surface area contributed by atoms with Gasteiger partial charge in [-0.2, -0.15) is 0 Å². The van der Waals surface area contributed by atoms with E-state index in [1.165, 1.54) is 12.1 Å². The van der Waals surface area contributed by atoms with Crippen LogP contribution in [0.1, 0.15) is 22.3 Å². The Kier molecular flexibility index (Phi) is 5.43. The molecular weight excluding hydrogens is 284 g/mol. The van der Waals surface area contributed by atoms with E-state index in [4.69, 9.17) is 11.5 Å². The number of primary amides is 1. The van der Waals surface area contributed by atoms with Crippen LogP contribution >= 0.6 is 12.4 Å². The summed E-state index contributed by atoms with van der Waals surface area (Å²) in [7, 11) is 0. The van der Waals surface area contributed by atoms with Crippen LogP contribution in [0.4, 0.5) is 5.69 Å². The molecule has 0 spiro atoms. The van der Waals surface area contributed by atoms with Gasteiger partial charge in [-0.25, -0.2) is 0 Å². The lowest BCUT2D eigenvalue weighted by Gasteiger charge is -2.15. The molecule has 1 fully saturated rings. The van der Waals surface area contributed by atoms with Gasteiger partial charge in [0.1, 0.15) is 0 Å². The lowest BCUT2D eigenvalue weighted by molar-refractivity contribution is -0.385. The molecule has 1 atom stereocenters. The van der Waals surface area contributed by atoms with E-state index in [1.807, 2.05) is 0 Å². The monoisotopic (exact) mass is 300 g/mol. The van der Waals surface area contributed by atoms with Crippen LogP contribution in [0.15, 0.2) is 18.2 Å². The largest absolute Gasteiger partial charge is 0.366 e.